The first kappa shape index (κ1) is 16.2. The SMILES string of the molecule is CC(=O)N(CCNC(=O)c1ccccc1Br)c1ccccc1. The van der Waals surface area contributed by atoms with Crippen molar-refractivity contribution in [2.45, 2.75) is 6.92 Å². The quantitative estimate of drug-likeness (QED) is 0.889. The summed E-state index contributed by atoms with van der Waals surface area (Å²) >= 11 is 3.35. The van der Waals surface area contributed by atoms with E-state index in [9.17, 15) is 9.59 Å². The van der Waals surface area contributed by atoms with Gasteiger partial charge < -0.3 is 10.2 Å². The standard InChI is InChI=1S/C17H17BrN2O2/c1-13(21)20(14-7-3-2-4-8-14)12-11-19-17(22)15-9-5-6-10-16(15)18/h2-10H,11-12H2,1H3,(H,19,22). The minimum Gasteiger partial charge on any atom is -0.350 e. The Labute approximate surface area is 138 Å². The molecule has 0 fully saturated rings. The molecule has 114 valence electrons. The van der Waals surface area contributed by atoms with Crippen molar-refractivity contribution in [2.24, 2.45) is 0 Å². The summed E-state index contributed by atoms with van der Waals surface area (Å²) in [4.78, 5) is 25.5. The lowest BCUT2D eigenvalue weighted by atomic mass is 10.2. The highest BCUT2D eigenvalue weighted by Gasteiger charge is 2.12. The summed E-state index contributed by atoms with van der Waals surface area (Å²) in [6.07, 6.45) is 0. The monoisotopic (exact) mass is 360 g/mol. The summed E-state index contributed by atoms with van der Waals surface area (Å²) in [7, 11) is 0. The fourth-order valence-electron chi connectivity index (χ4n) is 2.10. The summed E-state index contributed by atoms with van der Waals surface area (Å²) in [5, 5.41) is 2.83. The number of carbonyl (C=O) groups is 2. The van der Waals surface area contributed by atoms with Crippen LogP contribution in [0.4, 0.5) is 5.69 Å². The zero-order chi connectivity index (χ0) is 15.9. The van der Waals surface area contributed by atoms with Crippen molar-refractivity contribution < 1.29 is 9.59 Å². The van der Waals surface area contributed by atoms with Crippen LogP contribution in [0.25, 0.3) is 0 Å². The van der Waals surface area contributed by atoms with E-state index in [1.165, 1.54) is 6.92 Å². The maximum Gasteiger partial charge on any atom is 0.252 e. The lowest BCUT2D eigenvalue weighted by Crippen LogP contribution is -2.37. The highest BCUT2D eigenvalue weighted by molar-refractivity contribution is 9.10. The van der Waals surface area contributed by atoms with E-state index < -0.39 is 0 Å². The average Bonchev–Trinajstić information content (AvgIpc) is 2.52. The van der Waals surface area contributed by atoms with Gasteiger partial charge in [0, 0.05) is 30.2 Å². The molecule has 0 saturated heterocycles. The highest BCUT2D eigenvalue weighted by Crippen LogP contribution is 2.16. The topological polar surface area (TPSA) is 49.4 Å². The molecule has 2 amide bonds. The second kappa shape index (κ2) is 7.75. The fourth-order valence-corrected chi connectivity index (χ4v) is 2.56. The largest absolute Gasteiger partial charge is 0.350 e. The lowest BCUT2D eigenvalue weighted by Gasteiger charge is -2.21. The Bertz CT molecular complexity index is 659. The van der Waals surface area contributed by atoms with Crippen LogP contribution in [0.3, 0.4) is 0 Å². The van der Waals surface area contributed by atoms with Gasteiger partial charge in [-0.15, -0.1) is 0 Å². The van der Waals surface area contributed by atoms with Crippen molar-refractivity contribution in [2.75, 3.05) is 18.0 Å². The molecule has 0 aliphatic heterocycles. The van der Waals surface area contributed by atoms with Crippen LogP contribution >= 0.6 is 15.9 Å². The van der Waals surface area contributed by atoms with Gasteiger partial charge in [-0.2, -0.15) is 0 Å². The number of rotatable bonds is 5. The van der Waals surface area contributed by atoms with Gasteiger partial charge in [0.2, 0.25) is 5.91 Å². The van der Waals surface area contributed by atoms with E-state index in [1.54, 1.807) is 11.0 Å². The molecule has 0 bridgehead atoms. The molecule has 0 radical (unpaired) electrons. The molecule has 5 heteroatoms. The Morgan fingerprint density at radius 3 is 2.32 bits per heavy atom. The second-order valence-corrected chi connectivity index (χ2v) is 5.60. The van der Waals surface area contributed by atoms with Crippen molar-refractivity contribution in [3.8, 4) is 0 Å². The molecular formula is C17H17BrN2O2. The molecule has 4 nitrogen and oxygen atoms in total. The summed E-state index contributed by atoms with van der Waals surface area (Å²) in [6.45, 7) is 2.33. The van der Waals surface area contributed by atoms with E-state index in [4.69, 9.17) is 0 Å². The molecule has 0 saturated carbocycles. The number of halogens is 1. The molecule has 0 aliphatic rings. The summed E-state index contributed by atoms with van der Waals surface area (Å²) in [6, 6.07) is 16.6. The van der Waals surface area contributed by atoms with Crippen LogP contribution in [0.2, 0.25) is 0 Å². The summed E-state index contributed by atoms with van der Waals surface area (Å²) in [5.74, 6) is -0.217. The Balaban J connectivity index is 1.96. The molecule has 22 heavy (non-hydrogen) atoms. The van der Waals surface area contributed by atoms with Crippen LogP contribution in [0, 0.1) is 0 Å². The van der Waals surface area contributed by atoms with Crippen molar-refractivity contribution >= 4 is 33.4 Å². The Hall–Kier alpha value is -2.14. The Kier molecular flexibility index (Phi) is 5.72. The van der Waals surface area contributed by atoms with Crippen molar-refractivity contribution in [1.82, 2.24) is 5.32 Å². The van der Waals surface area contributed by atoms with Gasteiger partial charge in [0.1, 0.15) is 0 Å². The summed E-state index contributed by atoms with van der Waals surface area (Å²) < 4.78 is 0.749. The number of amides is 2. The van der Waals surface area contributed by atoms with Crippen LogP contribution in [-0.2, 0) is 4.79 Å². The Morgan fingerprint density at radius 1 is 1.05 bits per heavy atom. The van der Waals surface area contributed by atoms with Crippen LogP contribution < -0.4 is 10.2 Å². The smallest absolute Gasteiger partial charge is 0.252 e. The van der Waals surface area contributed by atoms with Crippen molar-refractivity contribution in [3.05, 3.63) is 64.6 Å². The number of nitrogens with zero attached hydrogens (tertiary/aromatic N) is 1. The average molecular weight is 361 g/mol. The van der Waals surface area contributed by atoms with Crippen LogP contribution in [-0.4, -0.2) is 24.9 Å². The number of para-hydroxylation sites is 1. The van der Waals surface area contributed by atoms with E-state index in [0.29, 0.717) is 18.7 Å². The molecule has 1 N–H and O–H groups in total. The predicted octanol–water partition coefficient (Wildman–Crippen LogP) is 3.23. The van der Waals surface area contributed by atoms with Crippen molar-refractivity contribution in [3.63, 3.8) is 0 Å². The fraction of sp³-hybridized carbons (Fsp3) is 0.176. The molecule has 0 atom stereocenters. The maximum absolute atomic E-state index is 12.1. The minimum absolute atomic E-state index is 0.0543. The van der Waals surface area contributed by atoms with E-state index >= 15 is 0 Å². The third-order valence-electron chi connectivity index (χ3n) is 3.19. The van der Waals surface area contributed by atoms with E-state index in [0.717, 1.165) is 10.2 Å². The molecule has 2 aromatic carbocycles. The van der Waals surface area contributed by atoms with Gasteiger partial charge in [0.05, 0.1) is 5.56 Å². The molecule has 0 heterocycles. The van der Waals surface area contributed by atoms with E-state index in [2.05, 4.69) is 21.2 Å². The zero-order valence-electron chi connectivity index (χ0n) is 12.3. The number of anilines is 1. The maximum atomic E-state index is 12.1. The van der Waals surface area contributed by atoms with Gasteiger partial charge in [-0.1, -0.05) is 30.3 Å². The number of benzene rings is 2. The highest BCUT2D eigenvalue weighted by atomic mass is 79.9. The molecule has 2 aromatic rings. The second-order valence-electron chi connectivity index (χ2n) is 4.74. The molecule has 0 aliphatic carbocycles. The molecule has 2 rings (SSSR count). The lowest BCUT2D eigenvalue weighted by molar-refractivity contribution is -0.116. The molecule has 0 aromatic heterocycles. The van der Waals surface area contributed by atoms with Gasteiger partial charge in [0.15, 0.2) is 0 Å². The number of hydrogen-bond acceptors (Lipinski definition) is 2. The molecular weight excluding hydrogens is 344 g/mol. The summed E-state index contributed by atoms with van der Waals surface area (Å²) in [5.41, 5.74) is 1.40. The normalized spacial score (nSPS) is 10.1. The van der Waals surface area contributed by atoms with Gasteiger partial charge >= 0.3 is 0 Å². The first-order valence-electron chi connectivity index (χ1n) is 6.95. The van der Waals surface area contributed by atoms with Crippen LogP contribution in [0.15, 0.2) is 59.1 Å². The predicted molar refractivity (Wildman–Crippen MR) is 90.9 cm³/mol. The van der Waals surface area contributed by atoms with E-state index in [1.807, 2.05) is 48.5 Å². The van der Waals surface area contributed by atoms with Gasteiger partial charge in [0.25, 0.3) is 5.91 Å². The number of nitrogens with one attached hydrogen (secondary N) is 1. The first-order chi connectivity index (χ1) is 10.6. The molecule has 0 spiro atoms. The third kappa shape index (κ3) is 4.18. The van der Waals surface area contributed by atoms with E-state index in [-0.39, 0.29) is 11.8 Å². The zero-order valence-corrected chi connectivity index (χ0v) is 13.8. The van der Waals surface area contributed by atoms with Gasteiger partial charge in [-0.25, -0.2) is 0 Å². The van der Waals surface area contributed by atoms with Gasteiger partial charge in [-0.05, 0) is 40.2 Å². The minimum atomic E-state index is -0.163. The van der Waals surface area contributed by atoms with Gasteiger partial charge in [-0.3, -0.25) is 9.59 Å². The number of hydrogen-bond donors (Lipinski definition) is 1. The molecule has 0 unspecified atom stereocenters. The third-order valence-corrected chi connectivity index (χ3v) is 3.88. The number of carbonyl (C=O) groups excluding carboxylic acids is 2. The first-order valence-corrected chi connectivity index (χ1v) is 7.75. The Morgan fingerprint density at radius 2 is 1.68 bits per heavy atom. The van der Waals surface area contributed by atoms with Crippen molar-refractivity contribution in [1.29, 1.82) is 0 Å². The van der Waals surface area contributed by atoms with Crippen LogP contribution in [0.1, 0.15) is 17.3 Å². The van der Waals surface area contributed by atoms with Crippen LogP contribution in [0.5, 0.6) is 0 Å².